The molecular formula is C34H32N4O3. The monoisotopic (exact) mass is 544 g/mol. The Morgan fingerprint density at radius 2 is 1.44 bits per heavy atom. The molecule has 1 fully saturated rings. The van der Waals surface area contributed by atoms with Crippen molar-refractivity contribution in [2.24, 2.45) is 0 Å². The third-order valence-corrected chi connectivity index (χ3v) is 8.09. The predicted octanol–water partition coefficient (Wildman–Crippen LogP) is 5.41. The first kappa shape index (κ1) is 26.5. The Hall–Kier alpha value is -4.75. The number of nitrogens with zero attached hydrogens (tertiary/aromatic N) is 3. The SMILES string of the molecule is CN(C)C1CC2CN(C(=O)c3ccc(NC(=O)c4ccccc4-c4ccccc4)cc3)c3ccccc3C(=O)N2C1. The summed E-state index contributed by atoms with van der Waals surface area (Å²) in [5.41, 5.74) is 4.65. The van der Waals surface area contributed by atoms with Crippen LogP contribution < -0.4 is 10.2 Å². The van der Waals surface area contributed by atoms with E-state index >= 15 is 0 Å². The minimum atomic E-state index is -0.222. The summed E-state index contributed by atoms with van der Waals surface area (Å²) in [6.07, 6.45) is 0.811. The predicted molar refractivity (Wildman–Crippen MR) is 161 cm³/mol. The van der Waals surface area contributed by atoms with E-state index in [0.717, 1.165) is 17.5 Å². The van der Waals surface area contributed by atoms with Crippen LogP contribution in [0.4, 0.5) is 11.4 Å². The van der Waals surface area contributed by atoms with Crippen molar-refractivity contribution in [3.8, 4) is 11.1 Å². The highest BCUT2D eigenvalue weighted by Crippen LogP contribution is 2.34. The summed E-state index contributed by atoms with van der Waals surface area (Å²) >= 11 is 0. The molecule has 6 rings (SSSR count). The summed E-state index contributed by atoms with van der Waals surface area (Å²) in [5, 5.41) is 2.97. The lowest BCUT2D eigenvalue weighted by atomic mass is 9.99. The van der Waals surface area contributed by atoms with Gasteiger partial charge in [-0.15, -0.1) is 0 Å². The van der Waals surface area contributed by atoms with Crippen molar-refractivity contribution in [1.29, 1.82) is 0 Å². The van der Waals surface area contributed by atoms with Crippen molar-refractivity contribution < 1.29 is 14.4 Å². The molecule has 1 N–H and O–H groups in total. The van der Waals surface area contributed by atoms with Gasteiger partial charge in [0.05, 0.1) is 17.3 Å². The van der Waals surface area contributed by atoms with E-state index in [1.807, 2.05) is 85.7 Å². The van der Waals surface area contributed by atoms with Crippen LogP contribution in [-0.2, 0) is 0 Å². The van der Waals surface area contributed by atoms with Crippen molar-refractivity contribution in [2.45, 2.75) is 18.5 Å². The van der Waals surface area contributed by atoms with Gasteiger partial charge in [-0.05, 0) is 74.1 Å². The van der Waals surface area contributed by atoms with Crippen LogP contribution in [0.2, 0.25) is 0 Å². The number of carbonyl (C=O) groups is 3. The average Bonchev–Trinajstić information content (AvgIpc) is 3.40. The maximum atomic E-state index is 13.9. The molecule has 4 aromatic rings. The number of benzene rings is 4. The zero-order valence-corrected chi connectivity index (χ0v) is 23.2. The number of rotatable bonds is 5. The van der Waals surface area contributed by atoms with Crippen molar-refractivity contribution >= 4 is 29.1 Å². The Kier molecular flexibility index (Phi) is 7.12. The molecule has 2 atom stereocenters. The molecule has 2 unspecified atom stereocenters. The highest BCUT2D eigenvalue weighted by Gasteiger charge is 2.42. The third-order valence-electron chi connectivity index (χ3n) is 8.09. The highest BCUT2D eigenvalue weighted by molar-refractivity contribution is 6.12. The molecule has 4 aromatic carbocycles. The lowest BCUT2D eigenvalue weighted by molar-refractivity contribution is 0.0737. The van der Waals surface area contributed by atoms with Crippen molar-refractivity contribution in [2.75, 3.05) is 37.4 Å². The number of anilines is 2. The van der Waals surface area contributed by atoms with Gasteiger partial charge in [-0.3, -0.25) is 14.4 Å². The highest BCUT2D eigenvalue weighted by atomic mass is 16.2. The molecular weight excluding hydrogens is 512 g/mol. The number of para-hydroxylation sites is 1. The Bertz CT molecular complexity index is 1600. The lowest BCUT2D eigenvalue weighted by Crippen LogP contribution is -2.42. The van der Waals surface area contributed by atoms with E-state index < -0.39 is 0 Å². The smallest absolute Gasteiger partial charge is 0.258 e. The van der Waals surface area contributed by atoms with Crippen LogP contribution >= 0.6 is 0 Å². The van der Waals surface area contributed by atoms with Gasteiger partial charge in [0.1, 0.15) is 0 Å². The van der Waals surface area contributed by atoms with Gasteiger partial charge in [-0.25, -0.2) is 0 Å². The van der Waals surface area contributed by atoms with Crippen molar-refractivity contribution in [3.63, 3.8) is 0 Å². The molecule has 2 aliphatic heterocycles. The van der Waals surface area contributed by atoms with Crippen LogP contribution in [0.3, 0.4) is 0 Å². The van der Waals surface area contributed by atoms with Gasteiger partial charge >= 0.3 is 0 Å². The topological polar surface area (TPSA) is 73.0 Å². The number of hydrogen-bond acceptors (Lipinski definition) is 4. The Morgan fingerprint density at radius 1 is 0.780 bits per heavy atom. The van der Waals surface area contributed by atoms with E-state index in [9.17, 15) is 14.4 Å². The van der Waals surface area contributed by atoms with Gasteiger partial charge < -0.3 is 20.0 Å². The number of amides is 3. The van der Waals surface area contributed by atoms with Crippen molar-refractivity contribution in [3.05, 3.63) is 120 Å². The Balaban J connectivity index is 1.23. The van der Waals surface area contributed by atoms with Crippen LogP contribution in [0.15, 0.2) is 103 Å². The van der Waals surface area contributed by atoms with Crippen LogP contribution in [0, 0.1) is 0 Å². The van der Waals surface area contributed by atoms with E-state index in [-0.39, 0.29) is 29.8 Å². The van der Waals surface area contributed by atoms with Crippen LogP contribution in [0.1, 0.15) is 37.5 Å². The zero-order valence-electron chi connectivity index (χ0n) is 23.2. The molecule has 0 bridgehead atoms. The van der Waals surface area contributed by atoms with E-state index in [1.165, 1.54) is 0 Å². The first-order valence-corrected chi connectivity index (χ1v) is 13.8. The molecule has 0 radical (unpaired) electrons. The molecule has 41 heavy (non-hydrogen) atoms. The fraction of sp³-hybridized carbons (Fsp3) is 0.206. The summed E-state index contributed by atoms with van der Waals surface area (Å²) in [7, 11) is 4.05. The van der Waals surface area contributed by atoms with Crippen LogP contribution in [0.5, 0.6) is 0 Å². The summed E-state index contributed by atoms with van der Waals surface area (Å²) in [6, 6.07) is 31.8. The number of nitrogens with one attached hydrogen (secondary N) is 1. The van der Waals surface area contributed by atoms with Crippen LogP contribution in [0.25, 0.3) is 11.1 Å². The molecule has 2 aliphatic rings. The molecule has 0 aliphatic carbocycles. The summed E-state index contributed by atoms with van der Waals surface area (Å²) in [6.45, 7) is 1.08. The van der Waals surface area contributed by atoms with Gasteiger partial charge in [0, 0.05) is 35.9 Å². The average molecular weight is 545 g/mol. The molecule has 7 heteroatoms. The number of carbonyl (C=O) groups excluding carboxylic acids is 3. The molecule has 206 valence electrons. The summed E-state index contributed by atoms with van der Waals surface area (Å²) < 4.78 is 0. The normalized spacial score (nSPS) is 18.1. The maximum Gasteiger partial charge on any atom is 0.258 e. The number of hydrogen-bond donors (Lipinski definition) is 1. The number of fused-ring (bicyclic) bond motifs is 2. The Labute approximate surface area is 240 Å². The van der Waals surface area contributed by atoms with Gasteiger partial charge in [0.25, 0.3) is 17.7 Å². The quantitative estimate of drug-likeness (QED) is 0.365. The molecule has 0 saturated carbocycles. The fourth-order valence-electron chi connectivity index (χ4n) is 5.83. The van der Waals surface area contributed by atoms with Crippen LogP contribution in [-0.4, -0.2) is 66.8 Å². The standard InChI is InChI=1S/C34H32N4O3/c1-36(2)26-20-27-22-38(31-15-9-8-14-30(31)34(41)37(27)21-26)33(40)24-16-18-25(19-17-24)35-32(39)29-13-7-6-12-28(29)23-10-4-3-5-11-23/h3-19,26-27H,20-22H2,1-2H3,(H,35,39). The molecule has 1 saturated heterocycles. The molecule has 3 amide bonds. The Morgan fingerprint density at radius 3 is 2.17 bits per heavy atom. The molecule has 0 spiro atoms. The first-order chi connectivity index (χ1) is 19.9. The van der Waals surface area contributed by atoms with Gasteiger partial charge in [0.15, 0.2) is 0 Å². The minimum absolute atomic E-state index is 0.0286. The number of likely N-dealkylation sites (N-methyl/N-ethyl adjacent to an activating group) is 1. The second-order valence-electron chi connectivity index (χ2n) is 10.8. The van der Waals surface area contributed by atoms with Gasteiger partial charge in [-0.1, -0.05) is 60.7 Å². The third kappa shape index (κ3) is 5.12. The zero-order chi connectivity index (χ0) is 28.5. The van der Waals surface area contributed by atoms with E-state index in [0.29, 0.717) is 41.2 Å². The summed E-state index contributed by atoms with van der Waals surface area (Å²) in [4.78, 5) is 46.4. The molecule has 7 nitrogen and oxygen atoms in total. The second kappa shape index (κ2) is 11.0. The van der Waals surface area contributed by atoms with E-state index in [2.05, 4.69) is 10.2 Å². The summed E-state index contributed by atoms with van der Waals surface area (Å²) in [5.74, 6) is -0.424. The molecule has 0 aromatic heterocycles. The van der Waals surface area contributed by atoms with E-state index in [1.54, 1.807) is 41.3 Å². The minimum Gasteiger partial charge on any atom is -0.332 e. The largest absolute Gasteiger partial charge is 0.332 e. The lowest BCUT2D eigenvalue weighted by Gasteiger charge is -2.26. The molecule has 2 heterocycles. The fourth-order valence-corrected chi connectivity index (χ4v) is 5.83. The van der Waals surface area contributed by atoms with Gasteiger partial charge in [0.2, 0.25) is 0 Å². The second-order valence-corrected chi connectivity index (χ2v) is 10.8. The van der Waals surface area contributed by atoms with Gasteiger partial charge in [-0.2, -0.15) is 0 Å². The van der Waals surface area contributed by atoms with E-state index in [4.69, 9.17) is 0 Å². The maximum absolute atomic E-state index is 13.9. The first-order valence-electron chi connectivity index (χ1n) is 13.8. The van der Waals surface area contributed by atoms with Crippen molar-refractivity contribution in [1.82, 2.24) is 9.80 Å².